The van der Waals surface area contributed by atoms with Gasteiger partial charge in [0.2, 0.25) is 0 Å². The van der Waals surface area contributed by atoms with Gasteiger partial charge in [-0.3, -0.25) is 4.79 Å². The number of amides is 1. The maximum atomic E-state index is 11.9. The first-order valence-electron chi connectivity index (χ1n) is 6.20. The monoisotopic (exact) mass is 290 g/mol. The van der Waals surface area contributed by atoms with E-state index in [1.165, 1.54) is 6.33 Å². The van der Waals surface area contributed by atoms with E-state index in [1.807, 2.05) is 26.0 Å². The Bertz CT molecular complexity index is 598. The van der Waals surface area contributed by atoms with Crippen molar-refractivity contribution in [1.82, 2.24) is 15.3 Å². The van der Waals surface area contributed by atoms with Crippen molar-refractivity contribution in [2.75, 3.05) is 5.32 Å². The van der Waals surface area contributed by atoms with Gasteiger partial charge in [0.15, 0.2) is 0 Å². The van der Waals surface area contributed by atoms with Gasteiger partial charge in [-0.15, -0.1) is 0 Å². The van der Waals surface area contributed by atoms with E-state index in [-0.39, 0.29) is 11.9 Å². The van der Waals surface area contributed by atoms with E-state index in [1.54, 1.807) is 18.2 Å². The molecule has 1 heterocycles. The molecule has 0 aliphatic heterocycles. The van der Waals surface area contributed by atoms with Gasteiger partial charge in [-0.2, -0.15) is 0 Å². The predicted octanol–water partition coefficient (Wildman–Crippen LogP) is 3.01. The molecule has 0 atom stereocenters. The van der Waals surface area contributed by atoms with Crippen LogP contribution in [0.2, 0.25) is 5.02 Å². The van der Waals surface area contributed by atoms with Crippen molar-refractivity contribution in [2.45, 2.75) is 19.9 Å². The quantitative estimate of drug-likeness (QED) is 0.908. The Kier molecular flexibility index (Phi) is 4.53. The minimum absolute atomic E-state index is 0.0603. The van der Waals surface area contributed by atoms with Crippen molar-refractivity contribution < 1.29 is 4.79 Å². The number of nitrogens with one attached hydrogen (secondary N) is 2. The standard InChI is InChI=1S/C14H15ClN4O/c1-9(2)18-14(20)12-7-13(17-8-16-12)19-11-5-3-10(15)4-6-11/h3-9H,1-2H3,(H,18,20)(H,16,17,19). The molecule has 0 fully saturated rings. The van der Waals surface area contributed by atoms with E-state index in [0.717, 1.165) is 5.69 Å². The molecule has 0 radical (unpaired) electrons. The summed E-state index contributed by atoms with van der Waals surface area (Å²) in [6.07, 6.45) is 1.35. The molecule has 2 rings (SSSR count). The van der Waals surface area contributed by atoms with Crippen LogP contribution in [-0.4, -0.2) is 21.9 Å². The van der Waals surface area contributed by atoms with Gasteiger partial charge in [0, 0.05) is 22.8 Å². The zero-order valence-corrected chi connectivity index (χ0v) is 12.0. The second-order valence-corrected chi connectivity index (χ2v) is 4.98. The van der Waals surface area contributed by atoms with Crippen LogP contribution < -0.4 is 10.6 Å². The number of halogens is 1. The van der Waals surface area contributed by atoms with Gasteiger partial charge in [-0.25, -0.2) is 9.97 Å². The third kappa shape index (κ3) is 3.93. The molecule has 0 saturated carbocycles. The van der Waals surface area contributed by atoms with Crippen LogP contribution in [0.25, 0.3) is 0 Å². The van der Waals surface area contributed by atoms with Gasteiger partial charge in [0.05, 0.1) is 0 Å². The van der Waals surface area contributed by atoms with E-state index >= 15 is 0 Å². The highest BCUT2D eigenvalue weighted by atomic mass is 35.5. The molecule has 104 valence electrons. The Labute approximate surface area is 122 Å². The highest BCUT2D eigenvalue weighted by Gasteiger charge is 2.09. The zero-order valence-electron chi connectivity index (χ0n) is 11.2. The number of aromatic nitrogens is 2. The Morgan fingerprint density at radius 1 is 1.20 bits per heavy atom. The van der Waals surface area contributed by atoms with Crippen LogP contribution in [0.4, 0.5) is 11.5 Å². The summed E-state index contributed by atoms with van der Waals surface area (Å²) in [6, 6.07) is 8.88. The number of nitrogens with zero attached hydrogens (tertiary/aromatic N) is 2. The van der Waals surface area contributed by atoms with Gasteiger partial charge in [-0.1, -0.05) is 11.6 Å². The van der Waals surface area contributed by atoms with Crippen LogP contribution in [-0.2, 0) is 0 Å². The normalized spacial score (nSPS) is 10.4. The van der Waals surface area contributed by atoms with Gasteiger partial charge in [0.1, 0.15) is 17.8 Å². The summed E-state index contributed by atoms with van der Waals surface area (Å²) in [7, 11) is 0. The Balaban J connectivity index is 2.13. The lowest BCUT2D eigenvalue weighted by Crippen LogP contribution is -2.30. The molecule has 1 amide bonds. The molecule has 2 aromatic rings. The van der Waals surface area contributed by atoms with Gasteiger partial charge in [0.25, 0.3) is 5.91 Å². The first-order valence-corrected chi connectivity index (χ1v) is 6.58. The van der Waals surface area contributed by atoms with Crippen LogP contribution in [0, 0.1) is 0 Å². The molecule has 1 aromatic carbocycles. The van der Waals surface area contributed by atoms with Crippen LogP contribution >= 0.6 is 11.6 Å². The molecule has 0 bridgehead atoms. The molecule has 0 saturated heterocycles. The second kappa shape index (κ2) is 6.34. The lowest BCUT2D eigenvalue weighted by atomic mass is 10.3. The highest BCUT2D eigenvalue weighted by molar-refractivity contribution is 6.30. The number of carbonyl (C=O) groups excluding carboxylic acids is 1. The molecule has 0 aliphatic rings. The SMILES string of the molecule is CC(C)NC(=O)c1cc(Nc2ccc(Cl)cc2)ncn1. The van der Waals surface area contributed by atoms with Crippen molar-refractivity contribution in [2.24, 2.45) is 0 Å². The molecule has 0 aliphatic carbocycles. The average molecular weight is 291 g/mol. The summed E-state index contributed by atoms with van der Waals surface area (Å²) in [6.45, 7) is 3.79. The van der Waals surface area contributed by atoms with Gasteiger partial charge in [-0.05, 0) is 38.1 Å². The fraction of sp³-hybridized carbons (Fsp3) is 0.214. The topological polar surface area (TPSA) is 66.9 Å². The number of hydrogen-bond donors (Lipinski definition) is 2. The fourth-order valence-corrected chi connectivity index (χ4v) is 1.69. The lowest BCUT2D eigenvalue weighted by Gasteiger charge is -2.09. The van der Waals surface area contributed by atoms with E-state index in [0.29, 0.717) is 16.5 Å². The van der Waals surface area contributed by atoms with Crippen LogP contribution in [0.1, 0.15) is 24.3 Å². The zero-order chi connectivity index (χ0) is 14.5. The molecule has 2 N–H and O–H groups in total. The molecular formula is C14H15ClN4O. The molecule has 5 nitrogen and oxygen atoms in total. The van der Waals surface area contributed by atoms with Crippen molar-refractivity contribution in [3.05, 3.63) is 47.4 Å². The van der Waals surface area contributed by atoms with Crippen LogP contribution in [0.15, 0.2) is 36.7 Å². The number of benzene rings is 1. The summed E-state index contributed by atoms with van der Waals surface area (Å²) in [5.41, 5.74) is 1.16. The van der Waals surface area contributed by atoms with Crippen molar-refractivity contribution >= 4 is 29.0 Å². The van der Waals surface area contributed by atoms with Crippen molar-refractivity contribution in [3.8, 4) is 0 Å². The molecule has 6 heteroatoms. The summed E-state index contributed by atoms with van der Waals surface area (Å²) in [5, 5.41) is 6.54. The Hall–Kier alpha value is -2.14. The predicted molar refractivity (Wildman–Crippen MR) is 79.4 cm³/mol. The lowest BCUT2D eigenvalue weighted by molar-refractivity contribution is 0.0938. The van der Waals surface area contributed by atoms with E-state index < -0.39 is 0 Å². The van der Waals surface area contributed by atoms with Gasteiger partial charge >= 0.3 is 0 Å². The molecule has 1 aromatic heterocycles. The minimum atomic E-state index is -0.221. The third-order valence-electron chi connectivity index (χ3n) is 2.44. The van der Waals surface area contributed by atoms with Crippen molar-refractivity contribution in [1.29, 1.82) is 0 Å². The molecular weight excluding hydrogens is 276 g/mol. The van der Waals surface area contributed by atoms with Crippen LogP contribution in [0.5, 0.6) is 0 Å². The largest absolute Gasteiger partial charge is 0.349 e. The summed E-state index contributed by atoms with van der Waals surface area (Å²) in [4.78, 5) is 19.9. The maximum absolute atomic E-state index is 11.9. The van der Waals surface area contributed by atoms with Crippen molar-refractivity contribution in [3.63, 3.8) is 0 Å². The fourth-order valence-electron chi connectivity index (χ4n) is 1.57. The Morgan fingerprint density at radius 3 is 2.55 bits per heavy atom. The summed E-state index contributed by atoms with van der Waals surface area (Å²) < 4.78 is 0. The maximum Gasteiger partial charge on any atom is 0.270 e. The first-order chi connectivity index (χ1) is 9.54. The van der Waals surface area contributed by atoms with Gasteiger partial charge < -0.3 is 10.6 Å². The summed E-state index contributed by atoms with van der Waals surface area (Å²) in [5.74, 6) is 0.331. The summed E-state index contributed by atoms with van der Waals surface area (Å²) >= 11 is 5.82. The number of hydrogen-bond acceptors (Lipinski definition) is 4. The first kappa shape index (κ1) is 14.3. The molecule has 0 unspecified atom stereocenters. The van der Waals surface area contributed by atoms with E-state index in [4.69, 9.17) is 11.6 Å². The van der Waals surface area contributed by atoms with E-state index in [9.17, 15) is 4.79 Å². The number of rotatable bonds is 4. The number of carbonyl (C=O) groups is 1. The second-order valence-electron chi connectivity index (χ2n) is 4.55. The van der Waals surface area contributed by atoms with E-state index in [2.05, 4.69) is 20.6 Å². The smallest absolute Gasteiger partial charge is 0.270 e. The average Bonchev–Trinajstić information content (AvgIpc) is 2.41. The molecule has 20 heavy (non-hydrogen) atoms. The highest BCUT2D eigenvalue weighted by Crippen LogP contribution is 2.17. The third-order valence-corrected chi connectivity index (χ3v) is 2.69. The van der Waals surface area contributed by atoms with Crippen LogP contribution in [0.3, 0.4) is 0 Å². The number of anilines is 2. The molecule has 0 spiro atoms. The minimum Gasteiger partial charge on any atom is -0.349 e. The Morgan fingerprint density at radius 2 is 1.90 bits per heavy atom.